The Hall–Kier alpha value is -3.46. The topological polar surface area (TPSA) is 148 Å². The van der Waals surface area contributed by atoms with Crippen molar-refractivity contribution in [1.29, 1.82) is 0 Å². The molecule has 0 saturated heterocycles. The van der Waals surface area contributed by atoms with Gasteiger partial charge in [0.15, 0.2) is 0 Å². The highest BCUT2D eigenvalue weighted by Gasteiger charge is 2.25. The Balaban J connectivity index is 1.96. The summed E-state index contributed by atoms with van der Waals surface area (Å²) in [6, 6.07) is 5.76. The van der Waals surface area contributed by atoms with Crippen LogP contribution in [0.5, 0.6) is 5.75 Å². The summed E-state index contributed by atoms with van der Waals surface area (Å²) in [7, 11) is 0. The van der Waals surface area contributed by atoms with E-state index >= 15 is 0 Å². The molecule has 172 valence electrons. The number of amides is 3. The van der Waals surface area contributed by atoms with E-state index in [2.05, 4.69) is 10.6 Å². The van der Waals surface area contributed by atoms with Gasteiger partial charge in [0.25, 0.3) is 0 Å². The minimum atomic E-state index is -1.02. The number of carbonyl (C=O) groups is 3. The largest absolute Gasteiger partial charge is 0.508 e. The van der Waals surface area contributed by atoms with Crippen molar-refractivity contribution in [3.05, 3.63) is 64.5 Å². The van der Waals surface area contributed by atoms with E-state index in [1.54, 1.807) is 12.1 Å². The van der Waals surface area contributed by atoms with Gasteiger partial charge in [0.1, 0.15) is 23.7 Å². The molecule has 3 atom stereocenters. The number of phenolic OH excluding ortho intramolecular Hbond substituents is 1. The summed E-state index contributed by atoms with van der Waals surface area (Å²) in [4.78, 5) is 36.8. The molecule has 0 aliphatic heterocycles. The Bertz CT molecular complexity index is 971. The van der Waals surface area contributed by atoms with Crippen molar-refractivity contribution >= 4 is 17.7 Å². The smallest absolute Gasteiger partial charge is 0.242 e. The zero-order valence-corrected chi connectivity index (χ0v) is 18.3. The van der Waals surface area contributed by atoms with E-state index < -0.39 is 41.7 Å². The molecule has 0 aliphatic carbocycles. The second kappa shape index (κ2) is 10.7. The first-order valence-electron chi connectivity index (χ1n) is 10.2. The maximum absolute atomic E-state index is 13.1. The number of carbonyl (C=O) groups excluding carboxylic acids is 3. The van der Waals surface area contributed by atoms with Gasteiger partial charge in [-0.15, -0.1) is 0 Å². The van der Waals surface area contributed by atoms with Crippen LogP contribution >= 0.6 is 0 Å². The van der Waals surface area contributed by atoms with Gasteiger partial charge in [-0.2, -0.15) is 0 Å². The number of hydrogen-bond acceptors (Lipinski definition) is 5. The molecule has 2 rings (SSSR count). The Labute approximate surface area is 186 Å². The van der Waals surface area contributed by atoms with Crippen LogP contribution in [-0.4, -0.2) is 41.0 Å². The van der Waals surface area contributed by atoms with Crippen molar-refractivity contribution in [2.24, 2.45) is 11.5 Å². The number of halogens is 1. The van der Waals surface area contributed by atoms with Crippen molar-refractivity contribution in [2.75, 3.05) is 0 Å². The van der Waals surface area contributed by atoms with Gasteiger partial charge in [-0.1, -0.05) is 12.1 Å². The lowest BCUT2D eigenvalue weighted by Gasteiger charge is -2.21. The average molecular weight is 445 g/mol. The van der Waals surface area contributed by atoms with Gasteiger partial charge >= 0.3 is 0 Å². The lowest BCUT2D eigenvalue weighted by molar-refractivity contribution is -0.131. The fraction of sp³-hybridized carbons (Fsp3) is 0.348. The second-order valence-electron chi connectivity index (χ2n) is 7.89. The molecule has 0 saturated carbocycles. The Morgan fingerprint density at radius 2 is 1.56 bits per heavy atom. The van der Waals surface area contributed by atoms with Gasteiger partial charge in [-0.05, 0) is 73.7 Å². The van der Waals surface area contributed by atoms with Crippen LogP contribution in [0.2, 0.25) is 0 Å². The van der Waals surface area contributed by atoms with Gasteiger partial charge in [-0.3, -0.25) is 14.4 Å². The molecule has 0 heterocycles. The van der Waals surface area contributed by atoms with E-state index in [-0.39, 0.29) is 18.6 Å². The molecule has 0 unspecified atom stereocenters. The van der Waals surface area contributed by atoms with Gasteiger partial charge in [0, 0.05) is 6.42 Å². The summed E-state index contributed by atoms with van der Waals surface area (Å²) in [5.41, 5.74) is 14.5. The number of benzene rings is 2. The molecule has 2 aromatic rings. The fourth-order valence-corrected chi connectivity index (χ4v) is 3.37. The minimum absolute atomic E-state index is 0.0843. The van der Waals surface area contributed by atoms with E-state index in [1.807, 2.05) is 13.8 Å². The molecule has 2 aromatic carbocycles. The predicted octanol–water partition coefficient (Wildman–Crippen LogP) is 0.735. The summed E-state index contributed by atoms with van der Waals surface area (Å²) < 4.78 is 13.1. The van der Waals surface area contributed by atoms with Gasteiger partial charge in [0.05, 0.1) is 6.04 Å². The van der Waals surface area contributed by atoms with Crippen LogP contribution in [0.1, 0.15) is 29.2 Å². The van der Waals surface area contributed by atoms with Gasteiger partial charge < -0.3 is 27.2 Å². The Morgan fingerprint density at radius 1 is 1.00 bits per heavy atom. The predicted molar refractivity (Wildman–Crippen MR) is 118 cm³/mol. The molecule has 0 fully saturated rings. The number of primary amides is 1. The number of phenols is 1. The highest BCUT2D eigenvalue weighted by molar-refractivity contribution is 5.92. The first-order valence-corrected chi connectivity index (χ1v) is 10.2. The molecular weight excluding hydrogens is 415 g/mol. The van der Waals surface area contributed by atoms with Crippen LogP contribution < -0.4 is 22.1 Å². The van der Waals surface area contributed by atoms with E-state index in [4.69, 9.17) is 11.5 Å². The fourth-order valence-electron chi connectivity index (χ4n) is 3.37. The van der Waals surface area contributed by atoms with E-state index in [1.165, 1.54) is 31.2 Å². The lowest BCUT2D eigenvalue weighted by Crippen LogP contribution is -2.55. The van der Waals surface area contributed by atoms with E-state index in [9.17, 15) is 23.9 Å². The third-order valence-electron chi connectivity index (χ3n) is 5.21. The Kier molecular flexibility index (Phi) is 8.31. The summed E-state index contributed by atoms with van der Waals surface area (Å²) in [6.45, 7) is 5.09. The highest BCUT2D eigenvalue weighted by atomic mass is 19.1. The van der Waals surface area contributed by atoms with E-state index in [0.29, 0.717) is 5.56 Å². The first-order chi connectivity index (χ1) is 15.0. The van der Waals surface area contributed by atoms with Gasteiger partial charge in [0.2, 0.25) is 17.7 Å². The van der Waals surface area contributed by atoms with Crippen LogP contribution in [0.25, 0.3) is 0 Å². The molecule has 7 N–H and O–H groups in total. The molecule has 8 nitrogen and oxygen atoms in total. The number of nitrogens with one attached hydrogen (secondary N) is 2. The monoisotopic (exact) mass is 444 g/mol. The summed E-state index contributed by atoms with van der Waals surface area (Å²) in [5, 5.41) is 14.7. The molecule has 3 amide bonds. The Morgan fingerprint density at radius 3 is 2.09 bits per heavy atom. The van der Waals surface area contributed by atoms with Crippen LogP contribution in [-0.2, 0) is 27.2 Å². The van der Waals surface area contributed by atoms with Crippen molar-refractivity contribution in [1.82, 2.24) is 10.6 Å². The molecule has 0 spiro atoms. The standard InChI is InChI=1S/C23H29FN4O4/c1-12-8-17(29)9-13(2)18(12)11-19(25)23(32)27-14(3)22(31)28-20(21(26)30)10-15-4-6-16(24)7-5-15/h4-9,14,19-20,29H,10-11,25H2,1-3H3,(H2,26,30)(H,27,32)(H,28,31)/t14-,19+,20+/m1/s1. The lowest BCUT2D eigenvalue weighted by atomic mass is 9.96. The minimum Gasteiger partial charge on any atom is -0.508 e. The maximum Gasteiger partial charge on any atom is 0.242 e. The van der Waals surface area contributed by atoms with Crippen molar-refractivity contribution in [2.45, 2.75) is 51.7 Å². The molecular formula is C23H29FN4O4. The normalized spacial score (nSPS) is 13.7. The SMILES string of the molecule is Cc1cc(O)cc(C)c1C[C@H](N)C(=O)N[C@H](C)C(=O)N[C@@H](Cc1ccc(F)cc1)C(N)=O. The molecule has 9 heteroatoms. The number of aryl methyl sites for hydroxylation is 2. The van der Waals surface area contributed by atoms with E-state index in [0.717, 1.165) is 16.7 Å². The van der Waals surface area contributed by atoms with Crippen LogP contribution in [0.4, 0.5) is 4.39 Å². The van der Waals surface area contributed by atoms with Crippen LogP contribution in [0.15, 0.2) is 36.4 Å². The quantitative estimate of drug-likeness (QED) is 0.387. The van der Waals surface area contributed by atoms with Crippen LogP contribution in [0, 0.1) is 19.7 Å². The third-order valence-corrected chi connectivity index (χ3v) is 5.21. The molecule has 0 aliphatic rings. The zero-order valence-electron chi connectivity index (χ0n) is 18.3. The average Bonchev–Trinajstić information content (AvgIpc) is 2.71. The second-order valence-corrected chi connectivity index (χ2v) is 7.89. The molecule has 0 aromatic heterocycles. The number of nitrogens with two attached hydrogens (primary N) is 2. The zero-order chi connectivity index (χ0) is 24.0. The molecule has 32 heavy (non-hydrogen) atoms. The molecule has 0 radical (unpaired) electrons. The summed E-state index contributed by atoms with van der Waals surface area (Å²) in [5.74, 6) is -2.17. The number of hydrogen-bond donors (Lipinski definition) is 5. The summed E-state index contributed by atoms with van der Waals surface area (Å²) >= 11 is 0. The number of aromatic hydroxyl groups is 1. The number of rotatable bonds is 9. The highest BCUT2D eigenvalue weighted by Crippen LogP contribution is 2.21. The van der Waals surface area contributed by atoms with Crippen molar-refractivity contribution < 1.29 is 23.9 Å². The summed E-state index contributed by atoms with van der Waals surface area (Å²) in [6.07, 6.45) is 0.313. The maximum atomic E-state index is 13.1. The van der Waals surface area contributed by atoms with Crippen LogP contribution in [0.3, 0.4) is 0 Å². The van der Waals surface area contributed by atoms with Crippen molar-refractivity contribution in [3.63, 3.8) is 0 Å². The van der Waals surface area contributed by atoms with Crippen molar-refractivity contribution in [3.8, 4) is 5.75 Å². The molecule has 0 bridgehead atoms. The third kappa shape index (κ3) is 6.78. The van der Waals surface area contributed by atoms with Gasteiger partial charge in [-0.25, -0.2) is 4.39 Å². The first kappa shape index (κ1) is 24.8.